The van der Waals surface area contributed by atoms with Crippen LogP contribution in [0.25, 0.3) is 0 Å². The molecule has 19 heavy (non-hydrogen) atoms. The van der Waals surface area contributed by atoms with Crippen LogP contribution in [-0.2, 0) is 6.54 Å². The Balaban J connectivity index is 1.92. The molecule has 1 aromatic rings. The summed E-state index contributed by atoms with van der Waals surface area (Å²) in [5.74, 6) is -0.118. The molecule has 0 aromatic heterocycles. The van der Waals surface area contributed by atoms with Crippen molar-refractivity contribution in [1.82, 2.24) is 9.80 Å². The molecule has 1 aromatic carbocycles. The molecule has 0 aliphatic carbocycles. The van der Waals surface area contributed by atoms with E-state index in [0.29, 0.717) is 12.6 Å². The third-order valence-corrected chi connectivity index (χ3v) is 4.56. The van der Waals surface area contributed by atoms with Gasteiger partial charge in [-0.15, -0.1) is 0 Å². The predicted molar refractivity (Wildman–Crippen MR) is 80.7 cm³/mol. The Bertz CT molecular complexity index is 417. The Morgan fingerprint density at radius 3 is 2.63 bits per heavy atom. The van der Waals surface area contributed by atoms with E-state index in [4.69, 9.17) is 0 Å². The first kappa shape index (κ1) is 14.9. The van der Waals surface area contributed by atoms with Crippen LogP contribution in [0.4, 0.5) is 4.39 Å². The van der Waals surface area contributed by atoms with Crippen molar-refractivity contribution in [3.8, 4) is 0 Å². The minimum absolute atomic E-state index is 0.118. The smallest absolute Gasteiger partial charge is 0.128 e. The van der Waals surface area contributed by atoms with Crippen LogP contribution in [-0.4, -0.2) is 42.5 Å². The Labute approximate surface area is 123 Å². The summed E-state index contributed by atoms with van der Waals surface area (Å²) in [7, 11) is 2.10. The number of rotatable bonds is 4. The summed E-state index contributed by atoms with van der Waals surface area (Å²) in [6.07, 6.45) is 2.37. The second kappa shape index (κ2) is 6.82. The first-order valence-electron chi connectivity index (χ1n) is 6.96. The molecule has 0 spiro atoms. The van der Waals surface area contributed by atoms with Gasteiger partial charge >= 0.3 is 0 Å². The number of piperidine rings is 1. The number of halogens is 2. The quantitative estimate of drug-likeness (QED) is 0.834. The van der Waals surface area contributed by atoms with Gasteiger partial charge in [0.25, 0.3) is 0 Å². The van der Waals surface area contributed by atoms with Gasteiger partial charge in [0.05, 0.1) is 0 Å². The zero-order valence-corrected chi connectivity index (χ0v) is 13.3. The Morgan fingerprint density at radius 2 is 2.05 bits per heavy atom. The molecule has 0 N–H and O–H groups in total. The van der Waals surface area contributed by atoms with Gasteiger partial charge in [-0.05, 0) is 51.7 Å². The van der Waals surface area contributed by atoms with E-state index in [1.165, 1.54) is 12.8 Å². The number of hydrogen-bond donors (Lipinski definition) is 0. The monoisotopic (exact) mass is 328 g/mol. The first-order chi connectivity index (χ1) is 9.10. The molecule has 2 rings (SSSR count). The summed E-state index contributed by atoms with van der Waals surface area (Å²) >= 11 is 3.29. The summed E-state index contributed by atoms with van der Waals surface area (Å²) in [6.45, 7) is 6.36. The van der Waals surface area contributed by atoms with Gasteiger partial charge in [-0.3, -0.25) is 4.90 Å². The topological polar surface area (TPSA) is 6.48 Å². The average molecular weight is 329 g/mol. The predicted octanol–water partition coefficient (Wildman–Crippen LogP) is 3.50. The molecule has 1 heterocycles. The van der Waals surface area contributed by atoms with E-state index in [2.05, 4.69) is 39.7 Å². The maximum absolute atomic E-state index is 13.8. The van der Waals surface area contributed by atoms with E-state index in [-0.39, 0.29) is 5.82 Å². The van der Waals surface area contributed by atoms with Crippen LogP contribution in [0.1, 0.15) is 25.3 Å². The van der Waals surface area contributed by atoms with Gasteiger partial charge in [0, 0.05) is 22.6 Å². The highest BCUT2D eigenvalue weighted by atomic mass is 79.9. The highest BCUT2D eigenvalue weighted by molar-refractivity contribution is 9.10. The van der Waals surface area contributed by atoms with Crippen LogP contribution >= 0.6 is 15.9 Å². The first-order valence-corrected chi connectivity index (χ1v) is 7.76. The molecular weight excluding hydrogens is 307 g/mol. The minimum atomic E-state index is -0.118. The molecule has 0 bridgehead atoms. The fourth-order valence-corrected chi connectivity index (χ4v) is 3.06. The van der Waals surface area contributed by atoms with Crippen LogP contribution in [0.5, 0.6) is 0 Å². The Morgan fingerprint density at radius 1 is 1.37 bits per heavy atom. The van der Waals surface area contributed by atoms with E-state index in [0.717, 1.165) is 29.7 Å². The van der Waals surface area contributed by atoms with Crippen LogP contribution in [0.15, 0.2) is 22.7 Å². The SMILES string of the molecule is CCN1CCC(N(C)Cc2ccc(Br)cc2F)CC1. The van der Waals surface area contributed by atoms with Crippen LogP contribution in [0, 0.1) is 5.82 Å². The molecule has 1 fully saturated rings. The fraction of sp³-hybridized carbons (Fsp3) is 0.600. The highest BCUT2D eigenvalue weighted by Crippen LogP contribution is 2.20. The number of hydrogen-bond acceptors (Lipinski definition) is 2. The van der Waals surface area contributed by atoms with E-state index in [1.54, 1.807) is 6.07 Å². The largest absolute Gasteiger partial charge is 0.303 e. The molecule has 0 atom stereocenters. The van der Waals surface area contributed by atoms with E-state index in [9.17, 15) is 4.39 Å². The van der Waals surface area contributed by atoms with Gasteiger partial charge in [-0.1, -0.05) is 28.9 Å². The lowest BCUT2D eigenvalue weighted by molar-refractivity contribution is 0.126. The van der Waals surface area contributed by atoms with Gasteiger partial charge < -0.3 is 4.90 Å². The molecule has 4 heteroatoms. The average Bonchev–Trinajstić information content (AvgIpc) is 2.42. The van der Waals surface area contributed by atoms with E-state index in [1.807, 2.05) is 12.1 Å². The molecule has 106 valence electrons. The molecule has 0 radical (unpaired) electrons. The fourth-order valence-electron chi connectivity index (χ4n) is 2.72. The van der Waals surface area contributed by atoms with Crippen molar-refractivity contribution >= 4 is 15.9 Å². The molecule has 1 saturated heterocycles. The van der Waals surface area contributed by atoms with Crippen molar-refractivity contribution in [2.24, 2.45) is 0 Å². The molecule has 0 amide bonds. The Kier molecular flexibility index (Phi) is 5.37. The zero-order chi connectivity index (χ0) is 13.8. The summed E-state index contributed by atoms with van der Waals surface area (Å²) in [5.41, 5.74) is 0.781. The van der Waals surface area contributed by atoms with Gasteiger partial charge in [0.2, 0.25) is 0 Å². The molecule has 2 nitrogen and oxygen atoms in total. The van der Waals surface area contributed by atoms with Crippen molar-refractivity contribution in [2.45, 2.75) is 32.4 Å². The van der Waals surface area contributed by atoms with Gasteiger partial charge in [0.15, 0.2) is 0 Å². The zero-order valence-electron chi connectivity index (χ0n) is 11.7. The molecule has 0 unspecified atom stereocenters. The van der Waals surface area contributed by atoms with Crippen molar-refractivity contribution in [3.63, 3.8) is 0 Å². The third kappa shape index (κ3) is 4.01. The Hall–Kier alpha value is -0.450. The maximum Gasteiger partial charge on any atom is 0.128 e. The lowest BCUT2D eigenvalue weighted by Gasteiger charge is -2.36. The molecule has 1 aliphatic heterocycles. The van der Waals surface area contributed by atoms with Crippen molar-refractivity contribution in [1.29, 1.82) is 0 Å². The molecule has 1 aliphatic rings. The number of benzene rings is 1. The number of likely N-dealkylation sites (tertiary alicyclic amines) is 1. The second-order valence-corrected chi connectivity index (χ2v) is 6.23. The third-order valence-electron chi connectivity index (χ3n) is 4.06. The van der Waals surface area contributed by atoms with Crippen molar-refractivity contribution in [2.75, 3.05) is 26.7 Å². The molecule has 0 saturated carbocycles. The summed E-state index contributed by atoms with van der Waals surface area (Å²) < 4.78 is 14.6. The van der Waals surface area contributed by atoms with E-state index >= 15 is 0 Å². The van der Waals surface area contributed by atoms with Gasteiger partial charge in [0.1, 0.15) is 5.82 Å². The summed E-state index contributed by atoms with van der Waals surface area (Å²) in [5, 5.41) is 0. The van der Waals surface area contributed by atoms with Gasteiger partial charge in [-0.25, -0.2) is 4.39 Å². The summed E-state index contributed by atoms with van der Waals surface area (Å²) in [6, 6.07) is 5.90. The van der Waals surface area contributed by atoms with Crippen molar-refractivity contribution < 1.29 is 4.39 Å². The van der Waals surface area contributed by atoms with Crippen LogP contribution < -0.4 is 0 Å². The second-order valence-electron chi connectivity index (χ2n) is 5.32. The normalized spacial score (nSPS) is 18.2. The van der Waals surface area contributed by atoms with Crippen molar-refractivity contribution in [3.05, 3.63) is 34.1 Å². The molecular formula is C15H22BrFN2. The standard InChI is InChI=1S/C15H22BrFN2/c1-3-19-8-6-14(7-9-19)18(2)11-12-4-5-13(16)10-15(12)17/h4-5,10,14H,3,6-9,11H2,1-2H3. The minimum Gasteiger partial charge on any atom is -0.303 e. The lowest BCUT2D eigenvalue weighted by Crippen LogP contribution is -2.43. The van der Waals surface area contributed by atoms with Crippen LogP contribution in [0.2, 0.25) is 0 Å². The lowest BCUT2D eigenvalue weighted by atomic mass is 10.0. The maximum atomic E-state index is 13.8. The summed E-state index contributed by atoms with van der Waals surface area (Å²) in [4.78, 5) is 4.77. The number of nitrogens with zero attached hydrogens (tertiary/aromatic N) is 2. The van der Waals surface area contributed by atoms with Gasteiger partial charge in [-0.2, -0.15) is 0 Å². The van der Waals surface area contributed by atoms with E-state index < -0.39 is 0 Å². The highest BCUT2D eigenvalue weighted by Gasteiger charge is 2.22. The van der Waals surface area contributed by atoms with Crippen LogP contribution in [0.3, 0.4) is 0 Å².